The molecule has 1 saturated carbocycles. The van der Waals surface area contributed by atoms with Crippen molar-refractivity contribution in [1.82, 2.24) is 35.4 Å². The molecule has 4 rings (SSSR count). The van der Waals surface area contributed by atoms with Gasteiger partial charge in [-0.2, -0.15) is 5.10 Å². The van der Waals surface area contributed by atoms with E-state index < -0.39 is 0 Å². The summed E-state index contributed by atoms with van der Waals surface area (Å²) in [5.74, 6) is 1.31. The summed E-state index contributed by atoms with van der Waals surface area (Å²) in [6.45, 7) is 2.38. The normalized spacial score (nSPS) is 21.9. The van der Waals surface area contributed by atoms with Gasteiger partial charge in [0.25, 0.3) is 0 Å². The summed E-state index contributed by atoms with van der Waals surface area (Å²) in [7, 11) is 0. The van der Waals surface area contributed by atoms with E-state index in [0.29, 0.717) is 29.9 Å². The number of amides is 1. The van der Waals surface area contributed by atoms with Gasteiger partial charge in [0.05, 0.1) is 18.7 Å². The van der Waals surface area contributed by atoms with Crippen molar-refractivity contribution in [3.05, 3.63) is 24.4 Å². The van der Waals surface area contributed by atoms with Crippen molar-refractivity contribution >= 4 is 5.91 Å². The molecule has 2 aliphatic rings. The molecule has 0 aromatic carbocycles. The molecule has 27 heavy (non-hydrogen) atoms. The highest BCUT2D eigenvalue weighted by Crippen LogP contribution is 2.27. The molecule has 0 bridgehead atoms. The Morgan fingerprint density at radius 3 is 2.89 bits per heavy atom. The highest BCUT2D eigenvalue weighted by Gasteiger charge is 2.30. The maximum atomic E-state index is 12.7. The van der Waals surface area contributed by atoms with Gasteiger partial charge in [-0.15, -0.1) is 0 Å². The van der Waals surface area contributed by atoms with Crippen LogP contribution in [0.2, 0.25) is 0 Å². The maximum absolute atomic E-state index is 12.7. The summed E-state index contributed by atoms with van der Waals surface area (Å²) < 4.78 is 0. The molecule has 8 heteroatoms. The van der Waals surface area contributed by atoms with E-state index >= 15 is 0 Å². The standard InChI is InChI=1S/C19H27N7O/c27-19(14-5-4-10-26(13-14)15-6-2-1-3-7-15)22-12-17-23-18(25-24-17)16-11-20-8-9-21-16/h8-9,11,14-15H,1-7,10,12-13H2,(H,22,27)(H,23,24,25). The zero-order valence-electron chi connectivity index (χ0n) is 15.6. The van der Waals surface area contributed by atoms with Gasteiger partial charge in [0, 0.05) is 25.0 Å². The molecule has 1 atom stereocenters. The van der Waals surface area contributed by atoms with Gasteiger partial charge in [0.1, 0.15) is 11.5 Å². The maximum Gasteiger partial charge on any atom is 0.224 e. The fourth-order valence-electron chi connectivity index (χ4n) is 4.22. The van der Waals surface area contributed by atoms with Crippen molar-refractivity contribution in [2.75, 3.05) is 13.1 Å². The summed E-state index contributed by atoms with van der Waals surface area (Å²) in [6.07, 6.45) is 13.5. The largest absolute Gasteiger partial charge is 0.349 e. The molecule has 1 amide bonds. The van der Waals surface area contributed by atoms with E-state index in [-0.39, 0.29) is 11.8 Å². The number of nitrogens with one attached hydrogen (secondary N) is 2. The van der Waals surface area contributed by atoms with E-state index in [2.05, 4.69) is 35.4 Å². The van der Waals surface area contributed by atoms with Crippen molar-refractivity contribution in [1.29, 1.82) is 0 Å². The number of aromatic amines is 1. The number of aromatic nitrogens is 5. The molecule has 1 saturated heterocycles. The van der Waals surface area contributed by atoms with Gasteiger partial charge in [-0.05, 0) is 32.2 Å². The Morgan fingerprint density at radius 2 is 2.07 bits per heavy atom. The first kappa shape index (κ1) is 18.0. The molecule has 0 spiro atoms. The van der Waals surface area contributed by atoms with Crippen LogP contribution in [0.15, 0.2) is 18.6 Å². The molecule has 1 aliphatic carbocycles. The third-order valence-electron chi connectivity index (χ3n) is 5.67. The van der Waals surface area contributed by atoms with Crippen LogP contribution in [0.3, 0.4) is 0 Å². The van der Waals surface area contributed by atoms with Crippen molar-refractivity contribution in [3.63, 3.8) is 0 Å². The first-order valence-corrected chi connectivity index (χ1v) is 9.99. The quantitative estimate of drug-likeness (QED) is 0.835. The number of nitrogens with zero attached hydrogens (tertiary/aromatic N) is 5. The molecular weight excluding hydrogens is 342 g/mol. The minimum atomic E-state index is 0.0723. The van der Waals surface area contributed by atoms with Gasteiger partial charge in [0.15, 0.2) is 0 Å². The Kier molecular flexibility index (Phi) is 5.72. The number of carbonyl (C=O) groups is 1. The molecule has 2 aromatic rings. The van der Waals surface area contributed by atoms with Gasteiger partial charge >= 0.3 is 0 Å². The number of rotatable bonds is 5. The lowest BCUT2D eigenvalue weighted by Gasteiger charge is -2.39. The third kappa shape index (κ3) is 4.50. The number of likely N-dealkylation sites (tertiary alicyclic amines) is 1. The molecule has 0 radical (unpaired) electrons. The SMILES string of the molecule is O=C(NCc1nc(-c2cnccn2)n[nH]1)C1CCCN(C2CCCCC2)C1. The van der Waals surface area contributed by atoms with Gasteiger partial charge in [-0.1, -0.05) is 19.3 Å². The van der Waals surface area contributed by atoms with E-state index in [1.807, 2.05) is 0 Å². The molecule has 1 aliphatic heterocycles. The van der Waals surface area contributed by atoms with E-state index in [4.69, 9.17) is 0 Å². The van der Waals surface area contributed by atoms with Gasteiger partial charge < -0.3 is 5.32 Å². The molecule has 2 N–H and O–H groups in total. The Morgan fingerprint density at radius 1 is 1.19 bits per heavy atom. The van der Waals surface area contributed by atoms with Crippen LogP contribution >= 0.6 is 0 Å². The number of piperidine rings is 1. The first-order chi connectivity index (χ1) is 13.3. The molecule has 8 nitrogen and oxygen atoms in total. The smallest absolute Gasteiger partial charge is 0.224 e. The average molecular weight is 369 g/mol. The molecule has 2 aromatic heterocycles. The molecule has 144 valence electrons. The summed E-state index contributed by atoms with van der Waals surface area (Å²) in [5.41, 5.74) is 0.613. The summed E-state index contributed by atoms with van der Waals surface area (Å²) in [6, 6.07) is 0.679. The van der Waals surface area contributed by atoms with Crippen LogP contribution in [0.5, 0.6) is 0 Å². The average Bonchev–Trinajstić information content (AvgIpc) is 3.22. The lowest BCUT2D eigenvalue weighted by atomic mass is 9.90. The number of H-pyrrole nitrogens is 1. The van der Waals surface area contributed by atoms with Crippen molar-refractivity contribution < 1.29 is 4.79 Å². The van der Waals surface area contributed by atoms with E-state index in [0.717, 1.165) is 25.9 Å². The third-order valence-corrected chi connectivity index (χ3v) is 5.67. The van der Waals surface area contributed by atoms with Crippen molar-refractivity contribution in [2.45, 2.75) is 57.5 Å². The second kappa shape index (κ2) is 8.56. The zero-order valence-corrected chi connectivity index (χ0v) is 15.6. The topological polar surface area (TPSA) is 99.7 Å². The van der Waals surface area contributed by atoms with Crippen molar-refractivity contribution in [2.24, 2.45) is 5.92 Å². The minimum absolute atomic E-state index is 0.0723. The second-order valence-corrected chi connectivity index (χ2v) is 7.54. The molecule has 1 unspecified atom stereocenters. The molecule has 3 heterocycles. The Bertz CT molecular complexity index is 742. The Balaban J connectivity index is 1.29. The van der Waals surface area contributed by atoms with Crippen LogP contribution in [0, 0.1) is 5.92 Å². The Hall–Kier alpha value is -2.35. The Labute approximate surface area is 159 Å². The monoisotopic (exact) mass is 369 g/mol. The fourth-order valence-corrected chi connectivity index (χ4v) is 4.22. The van der Waals surface area contributed by atoms with Crippen LogP contribution in [-0.2, 0) is 11.3 Å². The van der Waals surface area contributed by atoms with Gasteiger partial charge in [-0.3, -0.25) is 19.8 Å². The minimum Gasteiger partial charge on any atom is -0.349 e. The van der Waals surface area contributed by atoms with Crippen LogP contribution in [0.1, 0.15) is 50.8 Å². The zero-order chi connectivity index (χ0) is 18.5. The van der Waals surface area contributed by atoms with Crippen LogP contribution < -0.4 is 5.32 Å². The number of carbonyl (C=O) groups excluding carboxylic acids is 1. The molecular formula is C19H27N7O. The van der Waals surface area contributed by atoms with Crippen LogP contribution in [0.4, 0.5) is 0 Å². The highest BCUT2D eigenvalue weighted by atomic mass is 16.1. The predicted molar refractivity (Wildman–Crippen MR) is 100 cm³/mol. The number of hydrogen-bond donors (Lipinski definition) is 2. The highest BCUT2D eigenvalue weighted by molar-refractivity contribution is 5.78. The van der Waals surface area contributed by atoms with E-state index in [1.54, 1.807) is 18.6 Å². The van der Waals surface area contributed by atoms with E-state index in [9.17, 15) is 4.79 Å². The second-order valence-electron chi connectivity index (χ2n) is 7.54. The van der Waals surface area contributed by atoms with Gasteiger partial charge in [0.2, 0.25) is 11.7 Å². The summed E-state index contributed by atoms with van der Waals surface area (Å²) in [5, 5.41) is 10.0. The lowest BCUT2D eigenvalue weighted by Crippen LogP contribution is -2.47. The fraction of sp³-hybridized carbons (Fsp3) is 0.632. The summed E-state index contributed by atoms with van der Waals surface area (Å²) >= 11 is 0. The lowest BCUT2D eigenvalue weighted by molar-refractivity contribution is -0.127. The predicted octanol–water partition coefficient (Wildman–Crippen LogP) is 1.92. The first-order valence-electron chi connectivity index (χ1n) is 9.99. The summed E-state index contributed by atoms with van der Waals surface area (Å²) in [4.78, 5) is 27.8. The van der Waals surface area contributed by atoms with Crippen LogP contribution in [-0.4, -0.2) is 55.1 Å². The number of hydrogen-bond acceptors (Lipinski definition) is 6. The molecule has 2 fully saturated rings. The van der Waals surface area contributed by atoms with Crippen molar-refractivity contribution in [3.8, 4) is 11.5 Å². The van der Waals surface area contributed by atoms with E-state index in [1.165, 1.54) is 32.1 Å². The van der Waals surface area contributed by atoms with Gasteiger partial charge in [-0.25, -0.2) is 9.97 Å². The van der Waals surface area contributed by atoms with Crippen LogP contribution in [0.25, 0.3) is 11.5 Å².